The number of esters is 4. The van der Waals surface area contributed by atoms with Crippen LogP contribution in [0.4, 0.5) is 0 Å². The molecule has 5 atom stereocenters. The highest BCUT2D eigenvalue weighted by molar-refractivity contribution is 6.00. The van der Waals surface area contributed by atoms with Crippen molar-refractivity contribution in [2.75, 3.05) is 20.8 Å². The largest absolute Gasteiger partial charge is 0.507 e. The Balaban J connectivity index is 2.84. The van der Waals surface area contributed by atoms with Gasteiger partial charge >= 0.3 is 23.9 Å². The molecule has 204 valence electrons. The van der Waals surface area contributed by atoms with E-state index in [1.165, 1.54) is 27.2 Å². The number of ketones is 1. The van der Waals surface area contributed by atoms with Gasteiger partial charge in [-0.15, -0.1) is 0 Å². The van der Waals surface area contributed by atoms with Gasteiger partial charge in [0.15, 0.2) is 24.1 Å². The minimum absolute atomic E-state index is 0.00349. The number of aromatic hydroxyl groups is 1. The zero-order valence-corrected chi connectivity index (χ0v) is 21.5. The SMILES string of the molecule is COc1cc(OC)c([C@@H]2OC(COC(C)=O)[C@@H](OC(C)=O)C(OC(C)=O)C2OC(C)=O)c(O)c1C(C)=O. The van der Waals surface area contributed by atoms with Gasteiger partial charge in [-0.25, -0.2) is 0 Å². The maximum Gasteiger partial charge on any atom is 0.303 e. The quantitative estimate of drug-likeness (QED) is 0.278. The fourth-order valence-electron chi connectivity index (χ4n) is 4.04. The molecule has 0 bridgehead atoms. The molecule has 1 aromatic rings. The average molecular weight is 526 g/mol. The van der Waals surface area contributed by atoms with Crippen LogP contribution in [0.15, 0.2) is 6.07 Å². The molecule has 1 fully saturated rings. The van der Waals surface area contributed by atoms with Crippen molar-refractivity contribution in [3.8, 4) is 17.2 Å². The Bertz CT molecular complexity index is 1060. The van der Waals surface area contributed by atoms with Crippen LogP contribution in [0, 0.1) is 0 Å². The third-order valence-electron chi connectivity index (χ3n) is 5.33. The fourth-order valence-corrected chi connectivity index (χ4v) is 4.04. The molecule has 1 saturated heterocycles. The summed E-state index contributed by atoms with van der Waals surface area (Å²) in [5.74, 6) is -4.32. The average Bonchev–Trinajstić information content (AvgIpc) is 2.78. The number of phenolic OH excluding ortho intramolecular Hbond substituents is 1. The summed E-state index contributed by atoms with van der Waals surface area (Å²) in [6, 6.07) is 1.32. The lowest BCUT2D eigenvalue weighted by molar-refractivity contribution is -0.254. The molecule has 0 spiro atoms. The third kappa shape index (κ3) is 6.88. The van der Waals surface area contributed by atoms with Gasteiger partial charge in [0.2, 0.25) is 0 Å². The molecule has 13 heteroatoms. The first-order valence-electron chi connectivity index (χ1n) is 11.1. The number of rotatable bonds is 9. The Kier molecular flexibility index (Phi) is 9.83. The molecule has 0 amide bonds. The monoisotopic (exact) mass is 526 g/mol. The van der Waals surface area contributed by atoms with Gasteiger partial charge in [-0.3, -0.25) is 24.0 Å². The van der Waals surface area contributed by atoms with E-state index in [4.69, 9.17) is 33.2 Å². The van der Waals surface area contributed by atoms with Gasteiger partial charge in [-0.2, -0.15) is 0 Å². The van der Waals surface area contributed by atoms with E-state index in [2.05, 4.69) is 0 Å². The molecule has 37 heavy (non-hydrogen) atoms. The number of methoxy groups -OCH3 is 2. The van der Waals surface area contributed by atoms with E-state index in [1.807, 2.05) is 0 Å². The van der Waals surface area contributed by atoms with Crippen LogP contribution < -0.4 is 9.47 Å². The van der Waals surface area contributed by atoms with Gasteiger partial charge < -0.3 is 38.3 Å². The number of ether oxygens (including phenoxy) is 7. The predicted octanol–water partition coefficient (Wildman–Crippen LogP) is 1.41. The van der Waals surface area contributed by atoms with Gasteiger partial charge in [0.05, 0.1) is 19.8 Å². The molecule has 2 rings (SSSR count). The summed E-state index contributed by atoms with van der Waals surface area (Å²) in [5, 5.41) is 11.2. The first kappa shape index (κ1) is 29.4. The highest BCUT2D eigenvalue weighted by Gasteiger charge is 2.54. The van der Waals surface area contributed by atoms with E-state index in [0.29, 0.717) is 0 Å². The minimum Gasteiger partial charge on any atom is -0.507 e. The van der Waals surface area contributed by atoms with E-state index >= 15 is 0 Å². The normalized spacial score (nSPS) is 22.8. The molecule has 1 N–H and O–H groups in total. The summed E-state index contributed by atoms with van der Waals surface area (Å²) in [6.07, 6.45) is -7.09. The Morgan fingerprint density at radius 1 is 0.784 bits per heavy atom. The molecular weight excluding hydrogens is 496 g/mol. The van der Waals surface area contributed by atoms with E-state index in [-0.39, 0.29) is 22.6 Å². The van der Waals surface area contributed by atoms with Gasteiger partial charge in [0, 0.05) is 33.8 Å². The summed E-state index contributed by atoms with van der Waals surface area (Å²) >= 11 is 0. The standard InChI is InChI=1S/C24H30O13/c1-10(25)18-15(31-6)8-16(32-7)19(20(18)30)22-24(36-14(5)29)23(35-13(4)28)21(34-12(3)27)17(37-22)9-33-11(2)26/h8,17,21-24,30H,9H2,1-7H3/t17?,21-,22+,23?,24?/m1/s1. The fraction of sp³-hybridized carbons (Fsp3) is 0.542. The van der Waals surface area contributed by atoms with Crippen LogP contribution in [-0.4, -0.2) is 80.0 Å². The highest BCUT2D eigenvalue weighted by Crippen LogP contribution is 2.48. The van der Waals surface area contributed by atoms with Crippen molar-refractivity contribution in [3.63, 3.8) is 0 Å². The highest BCUT2D eigenvalue weighted by atomic mass is 16.7. The van der Waals surface area contributed by atoms with Gasteiger partial charge in [0.1, 0.15) is 41.6 Å². The number of Topliss-reactive ketones (excluding diaryl/α,β-unsaturated/α-hetero) is 1. The zero-order chi connectivity index (χ0) is 28.0. The van der Waals surface area contributed by atoms with Crippen molar-refractivity contribution in [2.24, 2.45) is 0 Å². The third-order valence-corrected chi connectivity index (χ3v) is 5.33. The van der Waals surface area contributed by atoms with Crippen LogP contribution in [0.2, 0.25) is 0 Å². The molecule has 1 aliphatic rings. The van der Waals surface area contributed by atoms with Gasteiger partial charge in [-0.1, -0.05) is 0 Å². The second-order valence-corrected chi connectivity index (χ2v) is 8.09. The lowest BCUT2D eigenvalue weighted by Crippen LogP contribution is -2.59. The summed E-state index contributed by atoms with van der Waals surface area (Å²) < 4.78 is 38.0. The van der Waals surface area contributed by atoms with Crippen molar-refractivity contribution in [1.29, 1.82) is 0 Å². The lowest BCUT2D eigenvalue weighted by Gasteiger charge is -2.45. The Morgan fingerprint density at radius 3 is 1.76 bits per heavy atom. The number of hydrogen-bond acceptors (Lipinski definition) is 13. The van der Waals surface area contributed by atoms with E-state index in [0.717, 1.165) is 27.7 Å². The first-order valence-corrected chi connectivity index (χ1v) is 11.1. The van der Waals surface area contributed by atoms with Crippen LogP contribution in [0.1, 0.15) is 56.6 Å². The van der Waals surface area contributed by atoms with Crippen molar-refractivity contribution in [1.82, 2.24) is 0 Å². The Labute approximate surface area is 212 Å². The topological polar surface area (TPSA) is 170 Å². The van der Waals surface area contributed by atoms with Crippen molar-refractivity contribution < 1.29 is 62.2 Å². The van der Waals surface area contributed by atoms with Crippen LogP contribution in [-0.2, 0) is 42.9 Å². The van der Waals surface area contributed by atoms with Gasteiger partial charge in [0.25, 0.3) is 0 Å². The van der Waals surface area contributed by atoms with Crippen molar-refractivity contribution in [3.05, 3.63) is 17.2 Å². The van der Waals surface area contributed by atoms with Gasteiger partial charge in [-0.05, 0) is 6.92 Å². The van der Waals surface area contributed by atoms with Crippen LogP contribution >= 0.6 is 0 Å². The summed E-state index contributed by atoms with van der Waals surface area (Å²) in [7, 11) is 2.56. The summed E-state index contributed by atoms with van der Waals surface area (Å²) in [6.45, 7) is 5.14. The number of carbonyl (C=O) groups excluding carboxylic acids is 5. The maximum atomic E-state index is 12.4. The Hall–Kier alpha value is -3.87. The molecule has 3 unspecified atom stereocenters. The van der Waals surface area contributed by atoms with E-state index in [1.54, 1.807) is 0 Å². The molecule has 0 radical (unpaired) electrons. The number of phenols is 1. The van der Waals surface area contributed by atoms with E-state index < -0.39 is 72.5 Å². The minimum atomic E-state index is -1.51. The van der Waals surface area contributed by atoms with Crippen LogP contribution in [0.5, 0.6) is 17.2 Å². The Morgan fingerprint density at radius 2 is 1.30 bits per heavy atom. The number of benzene rings is 1. The molecule has 1 aliphatic heterocycles. The summed E-state index contributed by atoms with van der Waals surface area (Å²) in [4.78, 5) is 59.9. The zero-order valence-electron chi connectivity index (χ0n) is 21.5. The lowest BCUT2D eigenvalue weighted by atomic mass is 9.88. The molecule has 0 saturated carbocycles. The number of hydrogen-bond donors (Lipinski definition) is 1. The molecule has 0 aromatic heterocycles. The second-order valence-electron chi connectivity index (χ2n) is 8.09. The molecular formula is C24H30O13. The molecule has 0 aliphatic carbocycles. The molecule has 13 nitrogen and oxygen atoms in total. The van der Waals surface area contributed by atoms with E-state index in [9.17, 15) is 29.1 Å². The maximum absolute atomic E-state index is 12.4. The predicted molar refractivity (Wildman–Crippen MR) is 122 cm³/mol. The number of carbonyl (C=O) groups is 5. The van der Waals surface area contributed by atoms with Crippen molar-refractivity contribution in [2.45, 2.75) is 65.1 Å². The first-order chi connectivity index (χ1) is 17.3. The smallest absolute Gasteiger partial charge is 0.303 e. The molecule has 1 aromatic carbocycles. The van der Waals surface area contributed by atoms with Crippen LogP contribution in [0.25, 0.3) is 0 Å². The molecule has 1 heterocycles. The van der Waals surface area contributed by atoms with Crippen LogP contribution in [0.3, 0.4) is 0 Å². The van der Waals surface area contributed by atoms with Crippen molar-refractivity contribution >= 4 is 29.7 Å². The second kappa shape index (κ2) is 12.4. The summed E-state index contributed by atoms with van der Waals surface area (Å²) in [5.41, 5.74) is -0.364.